The van der Waals surface area contributed by atoms with E-state index in [1.165, 1.54) is 10.9 Å². The van der Waals surface area contributed by atoms with Crippen molar-refractivity contribution in [3.8, 4) is 5.75 Å². The third-order valence-corrected chi connectivity index (χ3v) is 6.97. The summed E-state index contributed by atoms with van der Waals surface area (Å²) in [7, 11) is 0. The number of nitrogens with zero attached hydrogens (tertiary/aromatic N) is 2. The zero-order valence-corrected chi connectivity index (χ0v) is 22.4. The smallest absolute Gasteiger partial charge is 0.269 e. The predicted molar refractivity (Wildman–Crippen MR) is 153 cm³/mol. The lowest BCUT2D eigenvalue weighted by atomic mass is 9.92. The maximum absolute atomic E-state index is 13.2. The average Bonchev–Trinajstić information content (AvgIpc) is 3.45. The molecular weight excluding hydrogens is 504 g/mol. The van der Waals surface area contributed by atoms with Crippen molar-refractivity contribution in [2.24, 2.45) is 0 Å². The van der Waals surface area contributed by atoms with Crippen molar-refractivity contribution in [2.45, 2.75) is 57.6 Å². The molecule has 5 rings (SSSR count). The summed E-state index contributed by atoms with van der Waals surface area (Å²) < 4.78 is 13.6. The lowest BCUT2D eigenvalue weighted by Crippen LogP contribution is -2.46. The van der Waals surface area contributed by atoms with Gasteiger partial charge in [0.2, 0.25) is 5.91 Å². The first-order valence-electron chi connectivity index (χ1n) is 13.7. The third-order valence-electron chi connectivity index (χ3n) is 6.97. The van der Waals surface area contributed by atoms with Crippen LogP contribution in [-0.4, -0.2) is 33.7 Å². The number of carbonyl (C=O) groups excluding carboxylic acids is 2. The molecule has 0 radical (unpaired) electrons. The second kappa shape index (κ2) is 13.6. The Kier molecular flexibility index (Phi) is 9.21. The monoisotopic (exact) mass is 538 g/mol. The molecule has 1 aliphatic carbocycles. The van der Waals surface area contributed by atoms with Gasteiger partial charge >= 0.3 is 0 Å². The van der Waals surface area contributed by atoms with Crippen LogP contribution in [0.5, 0.6) is 5.75 Å². The molecule has 2 N–H and O–H groups in total. The lowest BCUT2D eigenvalue weighted by molar-refractivity contribution is -0.116. The molecule has 206 valence electrons. The number of ether oxygens (including phenoxy) is 2. The number of anilines is 1. The normalized spacial score (nSPS) is 16.7. The molecule has 1 aliphatic rings. The Hall–Kier alpha value is -4.43. The van der Waals surface area contributed by atoms with E-state index in [-0.39, 0.29) is 30.5 Å². The van der Waals surface area contributed by atoms with Crippen LogP contribution < -0.4 is 15.4 Å². The van der Waals surface area contributed by atoms with Gasteiger partial charge in [-0.3, -0.25) is 14.3 Å². The first-order valence-corrected chi connectivity index (χ1v) is 13.7. The number of carbonyl (C=O) groups is 2. The molecule has 40 heavy (non-hydrogen) atoms. The standard InChI is InChI=1S/C32H34N4O4/c37-31(34-26-15-7-9-17-29(26)39-22-24-11-3-1-4-12-24)21-36-28(19-20-33-36)32(38)35-27-16-8-10-18-30(27)40-23-25-13-5-2-6-14-25/h1-7,9,11-15,17,19-20,27,30H,8,10,16,18,21-23H2,(H,34,37)(H,35,38)/t27-,30-/m0/s1. The molecule has 0 unspecified atom stereocenters. The maximum Gasteiger partial charge on any atom is 0.269 e. The largest absolute Gasteiger partial charge is 0.487 e. The van der Waals surface area contributed by atoms with E-state index in [4.69, 9.17) is 9.47 Å². The fraction of sp³-hybridized carbons (Fsp3) is 0.281. The Morgan fingerprint density at radius 2 is 1.50 bits per heavy atom. The van der Waals surface area contributed by atoms with Gasteiger partial charge in [0.15, 0.2) is 0 Å². The number of rotatable bonds is 11. The van der Waals surface area contributed by atoms with Crippen LogP contribution in [0.2, 0.25) is 0 Å². The first-order chi connectivity index (χ1) is 19.7. The Morgan fingerprint density at radius 1 is 0.825 bits per heavy atom. The predicted octanol–water partition coefficient (Wildman–Crippen LogP) is 5.36. The molecule has 8 heteroatoms. The number of hydrogen-bond donors (Lipinski definition) is 2. The Morgan fingerprint density at radius 3 is 2.27 bits per heavy atom. The fourth-order valence-corrected chi connectivity index (χ4v) is 4.89. The summed E-state index contributed by atoms with van der Waals surface area (Å²) in [6.07, 6.45) is 5.31. The van der Waals surface area contributed by atoms with Crippen LogP contribution in [0.4, 0.5) is 5.69 Å². The zero-order chi connectivity index (χ0) is 27.6. The highest BCUT2D eigenvalue weighted by atomic mass is 16.5. The molecule has 8 nitrogen and oxygen atoms in total. The van der Waals surface area contributed by atoms with Crippen LogP contribution in [0.25, 0.3) is 0 Å². The summed E-state index contributed by atoms with van der Waals surface area (Å²) in [6, 6.07) is 28.7. The molecule has 0 saturated heterocycles. The van der Waals surface area contributed by atoms with E-state index in [1.807, 2.05) is 78.9 Å². The summed E-state index contributed by atoms with van der Waals surface area (Å²) >= 11 is 0. The van der Waals surface area contributed by atoms with Crippen molar-refractivity contribution >= 4 is 17.5 Å². The molecule has 0 spiro atoms. The first kappa shape index (κ1) is 27.1. The van der Waals surface area contributed by atoms with Gasteiger partial charge in [-0.25, -0.2) is 0 Å². The summed E-state index contributed by atoms with van der Waals surface area (Å²) in [4.78, 5) is 26.2. The van der Waals surface area contributed by atoms with Gasteiger partial charge in [-0.1, -0.05) is 85.6 Å². The van der Waals surface area contributed by atoms with Crippen molar-refractivity contribution in [2.75, 3.05) is 5.32 Å². The highest BCUT2D eigenvalue weighted by molar-refractivity contribution is 5.95. The lowest BCUT2D eigenvalue weighted by Gasteiger charge is -2.32. The van der Waals surface area contributed by atoms with E-state index in [9.17, 15) is 9.59 Å². The Labute approximate surface area is 234 Å². The molecular formula is C32H34N4O4. The van der Waals surface area contributed by atoms with Crippen LogP contribution in [-0.2, 0) is 29.3 Å². The van der Waals surface area contributed by atoms with E-state index >= 15 is 0 Å². The Balaban J connectivity index is 1.18. The molecule has 0 bridgehead atoms. The minimum absolute atomic E-state index is 0.0648. The van der Waals surface area contributed by atoms with Gasteiger partial charge in [0.1, 0.15) is 24.6 Å². The van der Waals surface area contributed by atoms with Crippen molar-refractivity contribution in [3.05, 3.63) is 114 Å². The highest BCUT2D eigenvalue weighted by Crippen LogP contribution is 2.25. The van der Waals surface area contributed by atoms with E-state index in [0.717, 1.165) is 36.8 Å². The quantitative estimate of drug-likeness (QED) is 0.268. The van der Waals surface area contributed by atoms with Crippen LogP contribution in [0.1, 0.15) is 47.3 Å². The molecule has 2 amide bonds. The number of amides is 2. The number of aromatic nitrogens is 2. The van der Waals surface area contributed by atoms with E-state index < -0.39 is 0 Å². The molecule has 4 aromatic rings. The average molecular weight is 539 g/mol. The van der Waals surface area contributed by atoms with Crippen molar-refractivity contribution in [3.63, 3.8) is 0 Å². The fourth-order valence-electron chi connectivity index (χ4n) is 4.89. The number of hydrogen-bond acceptors (Lipinski definition) is 5. The molecule has 3 aromatic carbocycles. The summed E-state index contributed by atoms with van der Waals surface area (Å²) in [5.41, 5.74) is 3.02. The maximum atomic E-state index is 13.2. The number of para-hydroxylation sites is 2. The zero-order valence-electron chi connectivity index (χ0n) is 22.4. The van der Waals surface area contributed by atoms with Gasteiger partial charge in [0, 0.05) is 6.20 Å². The van der Waals surface area contributed by atoms with Crippen LogP contribution in [0, 0.1) is 0 Å². The second-order valence-corrected chi connectivity index (χ2v) is 9.89. The minimum atomic E-state index is -0.310. The summed E-state index contributed by atoms with van der Waals surface area (Å²) in [5, 5.41) is 10.3. The van der Waals surface area contributed by atoms with Crippen LogP contribution >= 0.6 is 0 Å². The Bertz CT molecular complexity index is 1390. The molecule has 1 heterocycles. The van der Waals surface area contributed by atoms with Gasteiger partial charge in [0.25, 0.3) is 5.91 Å². The van der Waals surface area contributed by atoms with Gasteiger partial charge in [-0.15, -0.1) is 0 Å². The van der Waals surface area contributed by atoms with Gasteiger partial charge in [0.05, 0.1) is 24.4 Å². The molecule has 0 aliphatic heterocycles. The highest BCUT2D eigenvalue weighted by Gasteiger charge is 2.28. The van der Waals surface area contributed by atoms with Crippen LogP contribution in [0.15, 0.2) is 97.2 Å². The summed E-state index contributed by atoms with van der Waals surface area (Å²) in [5.74, 6) is -0.00988. The third kappa shape index (κ3) is 7.36. The second-order valence-electron chi connectivity index (χ2n) is 9.89. The molecule has 1 fully saturated rings. The summed E-state index contributed by atoms with van der Waals surface area (Å²) in [6.45, 7) is 0.780. The van der Waals surface area contributed by atoms with Crippen molar-refractivity contribution in [1.82, 2.24) is 15.1 Å². The van der Waals surface area contributed by atoms with Crippen LogP contribution in [0.3, 0.4) is 0 Å². The van der Waals surface area contributed by atoms with Gasteiger partial charge in [-0.05, 0) is 42.2 Å². The number of benzene rings is 3. The van der Waals surface area contributed by atoms with Gasteiger partial charge in [-0.2, -0.15) is 5.10 Å². The number of nitrogens with one attached hydrogen (secondary N) is 2. The molecule has 2 atom stereocenters. The van der Waals surface area contributed by atoms with Crippen molar-refractivity contribution < 1.29 is 19.1 Å². The van der Waals surface area contributed by atoms with E-state index in [0.29, 0.717) is 30.3 Å². The van der Waals surface area contributed by atoms with Crippen molar-refractivity contribution in [1.29, 1.82) is 0 Å². The minimum Gasteiger partial charge on any atom is -0.487 e. The topological polar surface area (TPSA) is 94.5 Å². The van der Waals surface area contributed by atoms with E-state index in [2.05, 4.69) is 15.7 Å². The molecule has 1 saturated carbocycles. The molecule has 1 aromatic heterocycles. The SMILES string of the molecule is O=C(Cn1nccc1C(=O)N[C@H]1CCCC[C@@H]1OCc1ccccc1)Nc1ccccc1OCc1ccccc1. The van der Waals surface area contributed by atoms with E-state index in [1.54, 1.807) is 12.1 Å². The van der Waals surface area contributed by atoms with Gasteiger partial charge < -0.3 is 20.1 Å².